The van der Waals surface area contributed by atoms with Gasteiger partial charge in [0, 0.05) is 18.5 Å². The van der Waals surface area contributed by atoms with Crippen molar-refractivity contribution in [3.05, 3.63) is 35.9 Å². The van der Waals surface area contributed by atoms with Crippen LogP contribution in [0.15, 0.2) is 30.3 Å². The van der Waals surface area contributed by atoms with Gasteiger partial charge in [0.25, 0.3) is 6.43 Å². The lowest BCUT2D eigenvalue weighted by atomic mass is 9.88. The second kappa shape index (κ2) is 5.54. The van der Waals surface area contributed by atoms with Crippen molar-refractivity contribution in [2.75, 3.05) is 6.54 Å². The Labute approximate surface area is 99.0 Å². The fourth-order valence-electron chi connectivity index (χ4n) is 2.33. The van der Waals surface area contributed by atoms with Crippen molar-refractivity contribution >= 4 is 0 Å². The van der Waals surface area contributed by atoms with Crippen LogP contribution in [0.3, 0.4) is 0 Å². The molecule has 0 saturated carbocycles. The van der Waals surface area contributed by atoms with Gasteiger partial charge in [0.2, 0.25) is 0 Å². The molecule has 3 atom stereocenters. The van der Waals surface area contributed by atoms with Crippen molar-refractivity contribution < 1.29 is 13.2 Å². The highest BCUT2D eigenvalue weighted by Gasteiger charge is 2.33. The zero-order valence-electron chi connectivity index (χ0n) is 9.45. The van der Waals surface area contributed by atoms with Gasteiger partial charge in [0.05, 0.1) is 0 Å². The van der Waals surface area contributed by atoms with Gasteiger partial charge >= 0.3 is 0 Å². The number of alkyl halides is 3. The topological polar surface area (TPSA) is 12.0 Å². The molecule has 0 aromatic heterocycles. The first-order chi connectivity index (χ1) is 8.18. The first-order valence-electron chi connectivity index (χ1n) is 5.89. The van der Waals surface area contributed by atoms with E-state index in [0.717, 1.165) is 5.56 Å². The minimum atomic E-state index is -2.87. The molecule has 1 heterocycles. The van der Waals surface area contributed by atoms with Crippen molar-refractivity contribution in [3.63, 3.8) is 0 Å². The first-order valence-corrected chi connectivity index (χ1v) is 5.89. The number of halogens is 3. The van der Waals surface area contributed by atoms with Crippen molar-refractivity contribution in [1.82, 2.24) is 5.32 Å². The molecular weight excluding hydrogens is 227 g/mol. The van der Waals surface area contributed by atoms with Crippen LogP contribution in [-0.2, 0) is 0 Å². The van der Waals surface area contributed by atoms with E-state index in [1.165, 1.54) is 0 Å². The molecule has 0 aliphatic carbocycles. The highest BCUT2D eigenvalue weighted by atomic mass is 19.3. The zero-order chi connectivity index (χ0) is 12.3. The van der Waals surface area contributed by atoms with Crippen LogP contribution >= 0.6 is 0 Å². The van der Waals surface area contributed by atoms with Crippen molar-refractivity contribution in [1.29, 1.82) is 0 Å². The Balaban J connectivity index is 1.90. The van der Waals surface area contributed by atoms with Gasteiger partial charge in [0.15, 0.2) is 6.17 Å². The third-order valence-corrected chi connectivity index (χ3v) is 3.35. The van der Waals surface area contributed by atoms with E-state index in [0.29, 0.717) is 19.4 Å². The lowest BCUT2D eigenvalue weighted by Gasteiger charge is -2.31. The molecule has 1 N–H and O–H groups in total. The predicted molar refractivity (Wildman–Crippen MR) is 60.8 cm³/mol. The number of piperidine rings is 1. The van der Waals surface area contributed by atoms with E-state index in [4.69, 9.17) is 0 Å². The highest BCUT2D eigenvalue weighted by molar-refractivity contribution is 5.19. The normalized spacial score (nSPS) is 27.1. The molecule has 4 heteroatoms. The molecule has 1 aromatic rings. The van der Waals surface area contributed by atoms with Crippen LogP contribution in [-0.4, -0.2) is 19.1 Å². The van der Waals surface area contributed by atoms with Gasteiger partial charge in [0.1, 0.15) is 0 Å². The summed E-state index contributed by atoms with van der Waals surface area (Å²) < 4.78 is 37.6. The maximum Gasteiger partial charge on any atom is 0.269 e. The predicted octanol–water partition coefficient (Wildman–Crippen LogP) is 3.33. The van der Waals surface area contributed by atoms with Crippen LogP contribution in [0.2, 0.25) is 0 Å². The smallest absolute Gasteiger partial charge is 0.269 e. The summed E-state index contributed by atoms with van der Waals surface area (Å²) in [7, 11) is 0. The van der Waals surface area contributed by atoms with Crippen LogP contribution in [0.5, 0.6) is 0 Å². The summed E-state index contributed by atoms with van der Waals surface area (Å²) in [5.74, 6) is -0.560. The molecule has 0 radical (unpaired) electrons. The lowest BCUT2D eigenvalue weighted by Crippen LogP contribution is -2.39. The van der Waals surface area contributed by atoms with Gasteiger partial charge in [-0.05, 0) is 18.4 Å². The van der Waals surface area contributed by atoms with Crippen LogP contribution in [0.4, 0.5) is 13.2 Å². The second-order valence-electron chi connectivity index (χ2n) is 4.49. The SMILES string of the molecule is FC(F)C(F)C1CCC(c2ccccc2)NC1. The molecule has 2 rings (SSSR count). The maximum atomic E-state index is 13.2. The van der Waals surface area contributed by atoms with Crippen LogP contribution in [0.25, 0.3) is 0 Å². The molecule has 1 nitrogen and oxygen atoms in total. The quantitative estimate of drug-likeness (QED) is 0.858. The summed E-state index contributed by atoms with van der Waals surface area (Å²) in [5.41, 5.74) is 1.14. The minimum absolute atomic E-state index is 0.164. The van der Waals surface area contributed by atoms with E-state index in [9.17, 15) is 13.2 Å². The Hall–Kier alpha value is -1.03. The van der Waals surface area contributed by atoms with Crippen molar-refractivity contribution in [2.45, 2.75) is 31.5 Å². The Morgan fingerprint density at radius 3 is 2.29 bits per heavy atom. The maximum absolute atomic E-state index is 13.2. The summed E-state index contributed by atoms with van der Waals surface area (Å²) in [4.78, 5) is 0. The molecule has 1 aromatic carbocycles. The van der Waals surface area contributed by atoms with Gasteiger partial charge in [-0.3, -0.25) is 0 Å². The average Bonchev–Trinajstić information content (AvgIpc) is 2.39. The Morgan fingerprint density at radius 2 is 1.76 bits per heavy atom. The number of hydrogen-bond donors (Lipinski definition) is 1. The molecule has 1 aliphatic rings. The van der Waals surface area contributed by atoms with E-state index in [1.807, 2.05) is 30.3 Å². The number of nitrogens with one attached hydrogen (secondary N) is 1. The molecule has 1 saturated heterocycles. The molecule has 1 aliphatic heterocycles. The van der Waals surface area contributed by atoms with Gasteiger partial charge in [-0.15, -0.1) is 0 Å². The van der Waals surface area contributed by atoms with Gasteiger partial charge < -0.3 is 5.32 Å². The van der Waals surface area contributed by atoms with Crippen molar-refractivity contribution in [3.8, 4) is 0 Å². The largest absolute Gasteiger partial charge is 0.310 e. The minimum Gasteiger partial charge on any atom is -0.310 e. The summed E-state index contributed by atoms with van der Waals surface area (Å²) >= 11 is 0. The summed E-state index contributed by atoms with van der Waals surface area (Å²) in [6.45, 7) is 0.324. The number of hydrogen-bond acceptors (Lipinski definition) is 1. The van der Waals surface area contributed by atoms with E-state index < -0.39 is 18.5 Å². The molecule has 0 bridgehead atoms. The second-order valence-corrected chi connectivity index (χ2v) is 4.49. The molecule has 0 spiro atoms. The summed E-state index contributed by atoms with van der Waals surface area (Å²) in [5, 5.41) is 3.15. The third-order valence-electron chi connectivity index (χ3n) is 3.35. The number of benzene rings is 1. The molecular formula is C13H16F3N. The van der Waals surface area contributed by atoms with Crippen LogP contribution < -0.4 is 5.32 Å². The van der Waals surface area contributed by atoms with Gasteiger partial charge in [-0.1, -0.05) is 30.3 Å². The van der Waals surface area contributed by atoms with Gasteiger partial charge in [-0.2, -0.15) is 0 Å². The Kier molecular flexibility index (Phi) is 4.05. The summed E-state index contributed by atoms with van der Waals surface area (Å²) in [6, 6.07) is 9.98. The average molecular weight is 243 g/mol. The van der Waals surface area contributed by atoms with E-state index >= 15 is 0 Å². The van der Waals surface area contributed by atoms with E-state index in [1.54, 1.807) is 0 Å². The highest BCUT2D eigenvalue weighted by Crippen LogP contribution is 2.30. The fourth-order valence-corrected chi connectivity index (χ4v) is 2.33. The zero-order valence-corrected chi connectivity index (χ0v) is 9.45. The molecule has 17 heavy (non-hydrogen) atoms. The molecule has 94 valence electrons. The van der Waals surface area contributed by atoms with Crippen LogP contribution in [0, 0.1) is 5.92 Å². The fraction of sp³-hybridized carbons (Fsp3) is 0.538. The third kappa shape index (κ3) is 3.00. The molecule has 1 fully saturated rings. The van der Waals surface area contributed by atoms with E-state index in [2.05, 4.69) is 5.32 Å². The van der Waals surface area contributed by atoms with Crippen LogP contribution in [0.1, 0.15) is 24.4 Å². The Bertz CT molecular complexity index is 334. The summed E-state index contributed by atoms with van der Waals surface area (Å²) in [6.07, 6.45) is -3.64. The van der Waals surface area contributed by atoms with Gasteiger partial charge in [-0.25, -0.2) is 13.2 Å². The van der Waals surface area contributed by atoms with E-state index in [-0.39, 0.29) is 6.04 Å². The monoisotopic (exact) mass is 243 g/mol. The van der Waals surface area contributed by atoms with Crippen molar-refractivity contribution in [2.24, 2.45) is 5.92 Å². The molecule has 0 amide bonds. The number of rotatable bonds is 3. The Morgan fingerprint density at radius 1 is 1.06 bits per heavy atom. The lowest BCUT2D eigenvalue weighted by molar-refractivity contribution is 0.00654. The first kappa shape index (κ1) is 12.4. The molecule has 3 unspecified atom stereocenters. The standard InChI is InChI=1S/C13H16F3N/c14-12(13(15)16)10-6-7-11(17-8-10)9-4-2-1-3-5-9/h1-5,10-13,17H,6-8H2.